The minimum Gasteiger partial charge on any atom is -0.439 e. The maximum atomic E-state index is 13.1. The summed E-state index contributed by atoms with van der Waals surface area (Å²) in [5.41, 5.74) is 0.648. The van der Waals surface area contributed by atoms with Crippen molar-refractivity contribution in [1.82, 2.24) is 24.6 Å². The highest BCUT2D eigenvalue weighted by Gasteiger charge is 2.47. The Morgan fingerprint density at radius 1 is 1.28 bits per heavy atom. The van der Waals surface area contributed by atoms with E-state index in [9.17, 15) is 9.59 Å². The largest absolute Gasteiger partial charge is 0.439 e. The van der Waals surface area contributed by atoms with Crippen LogP contribution in [-0.4, -0.2) is 68.8 Å². The van der Waals surface area contributed by atoms with Crippen LogP contribution in [0.15, 0.2) is 36.9 Å². The van der Waals surface area contributed by atoms with Crippen LogP contribution >= 0.6 is 0 Å². The highest BCUT2D eigenvalue weighted by molar-refractivity contribution is 5.98. The summed E-state index contributed by atoms with van der Waals surface area (Å²) in [6.07, 6.45) is 4.26. The number of hydrogen-bond acceptors (Lipinski definition) is 5. The summed E-state index contributed by atoms with van der Waals surface area (Å²) in [4.78, 5) is 32.2. The average Bonchev–Trinajstić information content (AvgIpc) is 3.23. The van der Waals surface area contributed by atoms with Crippen molar-refractivity contribution in [3.05, 3.63) is 42.5 Å². The van der Waals surface area contributed by atoms with Crippen LogP contribution in [0.25, 0.3) is 5.69 Å². The number of amides is 2. The number of likely N-dealkylation sites (N-methyl/N-ethyl adjacent to an activating group) is 1. The number of piperidine rings is 1. The maximum absolute atomic E-state index is 13.1. The second-order valence-corrected chi connectivity index (χ2v) is 6.59. The van der Waals surface area contributed by atoms with E-state index in [1.807, 2.05) is 18.2 Å². The Balaban J connectivity index is 1.61. The van der Waals surface area contributed by atoms with Gasteiger partial charge >= 0.3 is 6.09 Å². The molecule has 0 bridgehead atoms. The first-order valence-corrected chi connectivity index (χ1v) is 8.25. The molecule has 3 heterocycles. The molecule has 4 rings (SSSR count). The fourth-order valence-corrected chi connectivity index (χ4v) is 3.63. The third-order valence-electron chi connectivity index (χ3n) is 4.77. The predicted octanol–water partition coefficient (Wildman–Crippen LogP) is 1.32. The van der Waals surface area contributed by atoms with E-state index in [1.165, 1.54) is 6.33 Å². The van der Waals surface area contributed by atoms with Crippen molar-refractivity contribution in [2.24, 2.45) is 0 Å². The number of nitrogens with zero attached hydrogens (tertiary/aromatic N) is 5. The quantitative estimate of drug-likeness (QED) is 0.823. The molecular formula is C17H19N5O3. The van der Waals surface area contributed by atoms with Gasteiger partial charge in [-0.05, 0) is 25.0 Å². The normalized spacial score (nSPS) is 23.2. The molecule has 0 unspecified atom stereocenters. The van der Waals surface area contributed by atoms with Crippen LogP contribution in [0, 0.1) is 0 Å². The van der Waals surface area contributed by atoms with Gasteiger partial charge in [0.15, 0.2) is 0 Å². The lowest BCUT2D eigenvalue weighted by atomic mass is 9.92. The van der Waals surface area contributed by atoms with Crippen molar-refractivity contribution >= 4 is 12.0 Å². The van der Waals surface area contributed by atoms with Crippen LogP contribution in [-0.2, 0) is 4.74 Å². The van der Waals surface area contributed by atoms with E-state index >= 15 is 0 Å². The number of aromatic nitrogens is 3. The van der Waals surface area contributed by atoms with E-state index in [4.69, 9.17) is 4.74 Å². The second kappa shape index (κ2) is 5.87. The molecule has 2 amide bonds. The summed E-state index contributed by atoms with van der Waals surface area (Å²) < 4.78 is 7.17. The van der Waals surface area contributed by atoms with Crippen LogP contribution in [0.1, 0.15) is 23.2 Å². The van der Waals surface area contributed by atoms with Gasteiger partial charge in [0.1, 0.15) is 18.3 Å². The lowest BCUT2D eigenvalue weighted by molar-refractivity contribution is -0.00521. The molecule has 2 aliphatic heterocycles. The van der Waals surface area contributed by atoms with E-state index < -0.39 is 5.60 Å². The molecule has 2 aliphatic rings. The Morgan fingerprint density at radius 3 is 2.84 bits per heavy atom. The van der Waals surface area contributed by atoms with E-state index in [-0.39, 0.29) is 12.0 Å². The van der Waals surface area contributed by atoms with Crippen LogP contribution in [0.5, 0.6) is 0 Å². The molecule has 1 aromatic heterocycles. The van der Waals surface area contributed by atoms with Gasteiger partial charge in [0, 0.05) is 13.6 Å². The summed E-state index contributed by atoms with van der Waals surface area (Å²) in [5.74, 6) is -0.0872. The number of rotatable bonds is 2. The molecule has 2 saturated heterocycles. The number of carbonyl (C=O) groups excluding carboxylic acids is 2. The summed E-state index contributed by atoms with van der Waals surface area (Å²) in [5, 5.41) is 4.12. The Labute approximate surface area is 145 Å². The zero-order valence-corrected chi connectivity index (χ0v) is 14.0. The van der Waals surface area contributed by atoms with Crippen molar-refractivity contribution in [3.63, 3.8) is 0 Å². The molecule has 1 atom stereocenters. The van der Waals surface area contributed by atoms with Gasteiger partial charge in [-0.1, -0.05) is 12.1 Å². The van der Waals surface area contributed by atoms with Crippen LogP contribution in [0.4, 0.5) is 4.79 Å². The molecular weight excluding hydrogens is 322 g/mol. The van der Waals surface area contributed by atoms with Crippen molar-refractivity contribution in [2.75, 3.05) is 26.7 Å². The molecule has 2 aromatic rings. The van der Waals surface area contributed by atoms with Crippen LogP contribution in [0.2, 0.25) is 0 Å². The standard InChI is InChI=1S/C17H19N5O3/c1-20-9-17(25-16(20)24)7-4-8-21(10-17)15(23)13-5-2-3-6-14(13)22-12-18-11-19-22/h2-3,5-6,11-12H,4,7-10H2,1H3/t17-/m1/s1. The first kappa shape index (κ1) is 15.6. The third-order valence-corrected chi connectivity index (χ3v) is 4.77. The molecule has 25 heavy (non-hydrogen) atoms. The van der Waals surface area contributed by atoms with E-state index in [1.54, 1.807) is 33.9 Å². The molecule has 0 aliphatic carbocycles. The first-order chi connectivity index (χ1) is 12.1. The molecule has 1 aromatic carbocycles. The fourth-order valence-electron chi connectivity index (χ4n) is 3.63. The average molecular weight is 341 g/mol. The zero-order chi connectivity index (χ0) is 17.4. The lowest BCUT2D eigenvalue weighted by Crippen LogP contribution is -2.52. The van der Waals surface area contributed by atoms with Crippen molar-refractivity contribution in [3.8, 4) is 5.69 Å². The Hall–Kier alpha value is -2.90. The monoisotopic (exact) mass is 341 g/mol. The second-order valence-electron chi connectivity index (χ2n) is 6.59. The predicted molar refractivity (Wildman–Crippen MR) is 88.3 cm³/mol. The topological polar surface area (TPSA) is 80.6 Å². The van der Waals surface area contributed by atoms with Gasteiger partial charge in [-0.3, -0.25) is 4.79 Å². The smallest absolute Gasteiger partial charge is 0.410 e. The van der Waals surface area contributed by atoms with Gasteiger partial charge in [-0.15, -0.1) is 0 Å². The van der Waals surface area contributed by atoms with Crippen molar-refractivity contribution in [2.45, 2.75) is 18.4 Å². The third kappa shape index (κ3) is 2.73. The Morgan fingerprint density at radius 2 is 2.12 bits per heavy atom. The van der Waals surface area contributed by atoms with Gasteiger partial charge in [-0.25, -0.2) is 14.5 Å². The summed E-state index contributed by atoms with van der Waals surface area (Å²) >= 11 is 0. The fraction of sp³-hybridized carbons (Fsp3) is 0.412. The number of ether oxygens (including phenoxy) is 1. The summed E-state index contributed by atoms with van der Waals surface area (Å²) in [6.45, 7) is 1.57. The van der Waals surface area contributed by atoms with Crippen LogP contribution in [0.3, 0.4) is 0 Å². The highest BCUT2D eigenvalue weighted by Crippen LogP contribution is 2.32. The van der Waals surface area contributed by atoms with E-state index in [0.29, 0.717) is 30.9 Å². The van der Waals surface area contributed by atoms with Crippen LogP contribution < -0.4 is 0 Å². The van der Waals surface area contributed by atoms with E-state index in [0.717, 1.165) is 12.8 Å². The van der Waals surface area contributed by atoms with Gasteiger partial charge in [-0.2, -0.15) is 5.10 Å². The number of likely N-dealkylation sites (tertiary alicyclic amines) is 1. The molecule has 8 heteroatoms. The number of carbonyl (C=O) groups is 2. The number of hydrogen-bond donors (Lipinski definition) is 0. The molecule has 1 spiro atoms. The van der Waals surface area contributed by atoms with Gasteiger partial charge in [0.25, 0.3) is 5.91 Å². The SMILES string of the molecule is CN1C[C@@]2(CCCN(C(=O)c3ccccc3-n3cncn3)C2)OC1=O. The maximum Gasteiger partial charge on any atom is 0.410 e. The first-order valence-electron chi connectivity index (χ1n) is 8.25. The molecule has 0 radical (unpaired) electrons. The zero-order valence-electron chi connectivity index (χ0n) is 14.0. The van der Waals surface area contributed by atoms with E-state index in [2.05, 4.69) is 10.1 Å². The molecule has 130 valence electrons. The number of benzene rings is 1. The molecule has 2 fully saturated rings. The summed E-state index contributed by atoms with van der Waals surface area (Å²) in [7, 11) is 1.72. The van der Waals surface area contributed by atoms with Crippen molar-refractivity contribution in [1.29, 1.82) is 0 Å². The minimum atomic E-state index is -0.595. The molecule has 0 N–H and O–H groups in total. The Kier molecular flexibility index (Phi) is 3.67. The molecule has 8 nitrogen and oxygen atoms in total. The summed E-state index contributed by atoms with van der Waals surface area (Å²) in [6, 6.07) is 7.31. The minimum absolute atomic E-state index is 0.0872. The van der Waals surface area contributed by atoms with Crippen molar-refractivity contribution < 1.29 is 14.3 Å². The van der Waals surface area contributed by atoms with Gasteiger partial charge in [0.05, 0.1) is 24.3 Å². The number of para-hydroxylation sites is 1. The van der Waals surface area contributed by atoms with Gasteiger partial charge < -0.3 is 14.5 Å². The van der Waals surface area contributed by atoms with Gasteiger partial charge in [0.2, 0.25) is 0 Å². The Bertz CT molecular complexity index is 806. The molecule has 0 saturated carbocycles. The highest BCUT2D eigenvalue weighted by atomic mass is 16.6. The lowest BCUT2D eigenvalue weighted by Gasteiger charge is -2.38.